The second kappa shape index (κ2) is 7.61. The zero-order valence-corrected chi connectivity index (χ0v) is 16.2. The second-order valence-corrected chi connectivity index (χ2v) is 7.34. The number of nitrogens with one attached hydrogen (secondary N) is 1. The van der Waals surface area contributed by atoms with Crippen LogP contribution in [0, 0.1) is 6.92 Å². The highest BCUT2D eigenvalue weighted by atomic mass is 35.5. The molecule has 0 bridgehead atoms. The van der Waals surface area contributed by atoms with Crippen LogP contribution >= 0.6 is 35.0 Å². The number of hydrogen-bond donors (Lipinski definition) is 2. The molecule has 26 heavy (non-hydrogen) atoms. The largest absolute Gasteiger partial charge is 0.503 e. The van der Waals surface area contributed by atoms with E-state index in [1.807, 2.05) is 13.0 Å². The molecule has 0 aromatic heterocycles. The fourth-order valence-corrected chi connectivity index (χ4v) is 3.50. The van der Waals surface area contributed by atoms with Gasteiger partial charge in [-0.3, -0.25) is 4.79 Å². The van der Waals surface area contributed by atoms with Crippen molar-refractivity contribution >= 4 is 57.8 Å². The van der Waals surface area contributed by atoms with Crippen molar-refractivity contribution in [2.45, 2.75) is 6.92 Å². The van der Waals surface area contributed by atoms with E-state index < -0.39 is 0 Å². The van der Waals surface area contributed by atoms with Gasteiger partial charge in [0.05, 0.1) is 22.7 Å². The maximum absolute atomic E-state index is 12.2. The average Bonchev–Trinajstić information content (AvgIpc) is 2.93. The number of aryl methyl sites for hydroxylation is 1. The highest BCUT2D eigenvalue weighted by Gasteiger charge is 2.24. The molecular weight excluding hydrogens is 395 g/mol. The molecule has 1 aliphatic rings. The molecule has 2 aromatic rings. The van der Waals surface area contributed by atoms with Crippen LogP contribution in [0.1, 0.15) is 11.1 Å². The predicted octanol–water partition coefficient (Wildman–Crippen LogP) is 4.91. The van der Waals surface area contributed by atoms with Crippen molar-refractivity contribution in [2.24, 2.45) is 4.99 Å². The van der Waals surface area contributed by atoms with Gasteiger partial charge in [-0.15, -0.1) is 0 Å². The molecule has 0 radical (unpaired) electrons. The van der Waals surface area contributed by atoms with Crippen molar-refractivity contribution in [3.63, 3.8) is 0 Å². The summed E-state index contributed by atoms with van der Waals surface area (Å²) in [5.74, 6) is -0.175. The summed E-state index contributed by atoms with van der Waals surface area (Å²) in [6.07, 6.45) is 1.65. The smallest absolute Gasteiger partial charge is 0.264 e. The fraction of sp³-hybridized carbons (Fsp3) is 0.111. The lowest BCUT2D eigenvalue weighted by Gasteiger charge is -2.06. The molecule has 1 fully saturated rings. The number of methoxy groups -OCH3 is 1. The Bertz CT molecular complexity index is 958. The Kier molecular flexibility index (Phi) is 5.46. The number of amidine groups is 1. The van der Waals surface area contributed by atoms with Crippen molar-refractivity contribution in [3.8, 4) is 11.5 Å². The van der Waals surface area contributed by atoms with Gasteiger partial charge in [0, 0.05) is 5.02 Å². The van der Waals surface area contributed by atoms with Crippen molar-refractivity contribution in [1.82, 2.24) is 5.32 Å². The highest BCUT2D eigenvalue weighted by Crippen LogP contribution is 2.37. The molecule has 3 rings (SSSR count). The molecule has 2 N–H and O–H groups in total. The monoisotopic (exact) mass is 408 g/mol. The molecule has 1 heterocycles. The van der Waals surface area contributed by atoms with E-state index in [0.29, 0.717) is 26.3 Å². The normalized spacial score (nSPS) is 17.0. The van der Waals surface area contributed by atoms with E-state index in [1.54, 1.807) is 30.3 Å². The standard InChI is InChI=1S/C18H14Cl2N2O3S/c1-9-3-4-11(19)8-13(9)21-18-22-17(24)15(26-18)7-10-5-12(20)16(23)14(6-10)25-2/h3-8,23H,1-2H3,(H,21,22,24)/b15-7-. The summed E-state index contributed by atoms with van der Waals surface area (Å²) in [4.78, 5) is 17.1. The van der Waals surface area contributed by atoms with Gasteiger partial charge in [0.1, 0.15) is 0 Å². The summed E-state index contributed by atoms with van der Waals surface area (Å²) >= 11 is 13.2. The first-order valence-corrected chi connectivity index (χ1v) is 9.07. The number of ether oxygens (including phenoxy) is 1. The molecule has 0 atom stereocenters. The predicted molar refractivity (Wildman–Crippen MR) is 107 cm³/mol. The first-order chi connectivity index (χ1) is 12.4. The summed E-state index contributed by atoms with van der Waals surface area (Å²) in [6.45, 7) is 1.92. The van der Waals surface area contributed by atoms with Crippen LogP contribution in [0.4, 0.5) is 5.69 Å². The number of aliphatic imine (C=N–C) groups is 1. The Morgan fingerprint density at radius 2 is 2.04 bits per heavy atom. The first-order valence-electron chi connectivity index (χ1n) is 7.49. The molecule has 0 unspecified atom stereocenters. The molecule has 1 amide bonds. The van der Waals surface area contributed by atoms with E-state index in [1.165, 1.54) is 18.9 Å². The molecule has 2 aromatic carbocycles. The van der Waals surface area contributed by atoms with E-state index in [4.69, 9.17) is 27.9 Å². The third-order valence-electron chi connectivity index (χ3n) is 3.61. The minimum atomic E-state index is -0.267. The first kappa shape index (κ1) is 18.6. The van der Waals surface area contributed by atoms with Gasteiger partial charge in [0.2, 0.25) is 0 Å². The van der Waals surface area contributed by atoms with E-state index in [2.05, 4.69) is 10.3 Å². The third kappa shape index (κ3) is 3.98. The summed E-state index contributed by atoms with van der Waals surface area (Å²) in [7, 11) is 1.43. The second-order valence-electron chi connectivity index (χ2n) is 5.47. The number of benzene rings is 2. The van der Waals surface area contributed by atoms with Gasteiger partial charge >= 0.3 is 0 Å². The van der Waals surface area contributed by atoms with Gasteiger partial charge in [0.25, 0.3) is 5.91 Å². The number of halogens is 2. The lowest BCUT2D eigenvalue weighted by Crippen LogP contribution is -2.19. The molecule has 0 spiro atoms. The quantitative estimate of drug-likeness (QED) is 0.707. The van der Waals surface area contributed by atoms with Gasteiger partial charge in [-0.2, -0.15) is 0 Å². The summed E-state index contributed by atoms with van der Waals surface area (Å²) < 4.78 is 5.07. The van der Waals surface area contributed by atoms with Gasteiger partial charge < -0.3 is 15.2 Å². The van der Waals surface area contributed by atoms with Crippen LogP contribution in [-0.2, 0) is 4.79 Å². The zero-order chi connectivity index (χ0) is 18.8. The minimum absolute atomic E-state index is 0.140. The van der Waals surface area contributed by atoms with Gasteiger partial charge in [-0.25, -0.2) is 4.99 Å². The van der Waals surface area contributed by atoms with Crippen LogP contribution in [0.2, 0.25) is 10.0 Å². The van der Waals surface area contributed by atoms with Crippen molar-refractivity contribution in [1.29, 1.82) is 0 Å². The SMILES string of the molecule is COc1cc(/C=C2\SC(=Nc3cc(Cl)ccc3C)NC2=O)cc(Cl)c1O. The molecule has 5 nitrogen and oxygen atoms in total. The van der Waals surface area contributed by atoms with Crippen molar-refractivity contribution < 1.29 is 14.6 Å². The lowest BCUT2D eigenvalue weighted by atomic mass is 10.2. The molecule has 0 aliphatic carbocycles. The average molecular weight is 409 g/mol. The van der Waals surface area contributed by atoms with E-state index in [-0.39, 0.29) is 22.4 Å². The van der Waals surface area contributed by atoms with E-state index >= 15 is 0 Å². The number of aromatic hydroxyl groups is 1. The maximum atomic E-state index is 12.2. The Hall–Kier alpha value is -2.15. The number of carbonyl (C=O) groups excluding carboxylic acids is 1. The number of phenols is 1. The topological polar surface area (TPSA) is 70.9 Å². The molecule has 1 saturated heterocycles. The number of phenolic OH excluding ortho intramolecular Hbond substituents is 1. The number of hydrogen-bond acceptors (Lipinski definition) is 5. The Labute approximate surface area is 164 Å². The van der Waals surface area contributed by atoms with Crippen LogP contribution in [0.25, 0.3) is 6.08 Å². The Balaban J connectivity index is 1.91. The van der Waals surface area contributed by atoms with Gasteiger partial charge in [0.15, 0.2) is 16.7 Å². The summed E-state index contributed by atoms with van der Waals surface area (Å²) in [5.41, 5.74) is 2.27. The third-order valence-corrected chi connectivity index (χ3v) is 5.05. The Morgan fingerprint density at radius 1 is 1.27 bits per heavy atom. The fourth-order valence-electron chi connectivity index (χ4n) is 2.28. The van der Waals surface area contributed by atoms with Crippen LogP contribution < -0.4 is 10.1 Å². The summed E-state index contributed by atoms with van der Waals surface area (Å²) in [6, 6.07) is 8.54. The van der Waals surface area contributed by atoms with Crippen LogP contribution in [0.3, 0.4) is 0 Å². The molecule has 1 aliphatic heterocycles. The van der Waals surface area contributed by atoms with Crippen LogP contribution in [-0.4, -0.2) is 23.3 Å². The zero-order valence-electron chi connectivity index (χ0n) is 13.8. The van der Waals surface area contributed by atoms with Crippen molar-refractivity contribution in [3.05, 3.63) is 56.4 Å². The van der Waals surface area contributed by atoms with Gasteiger partial charge in [-0.1, -0.05) is 29.3 Å². The number of amides is 1. The molecule has 8 heteroatoms. The van der Waals surface area contributed by atoms with Crippen LogP contribution in [0.5, 0.6) is 11.5 Å². The number of carbonyl (C=O) groups is 1. The summed E-state index contributed by atoms with van der Waals surface area (Å²) in [5, 5.41) is 13.7. The maximum Gasteiger partial charge on any atom is 0.264 e. The van der Waals surface area contributed by atoms with Crippen molar-refractivity contribution in [2.75, 3.05) is 7.11 Å². The van der Waals surface area contributed by atoms with Gasteiger partial charge in [-0.05, 0) is 60.2 Å². The van der Waals surface area contributed by atoms with Crippen LogP contribution in [0.15, 0.2) is 40.2 Å². The number of thioether (sulfide) groups is 1. The Morgan fingerprint density at radius 3 is 2.77 bits per heavy atom. The minimum Gasteiger partial charge on any atom is -0.503 e. The lowest BCUT2D eigenvalue weighted by molar-refractivity contribution is -0.115. The number of rotatable bonds is 3. The van der Waals surface area contributed by atoms with E-state index in [0.717, 1.165) is 5.56 Å². The van der Waals surface area contributed by atoms with E-state index in [9.17, 15) is 9.90 Å². The molecule has 134 valence electrons. The highest BCUT2D eigenvalue weighted by molar-refractivity contribution is 8.18. The molecular formula is C18H14Cl2N2O3S. The number of nitrogens with zero attached hydrogens (tertiary/aromatic N) is 1. The molecule has 0 saturated carbocycles.